The fourth-order valence-electron chi connectivity index (χ4n) is 1.82. The maximum Gasteiger partial charge on any atom is 0.416 e. The molecule has 0 radical (unpaired) electrons. The molecule has 24 heavy (non-hydrogen) atoms. The smallest absolute Gasteiger partial charge is 0.350 e. The predicted octanol–water partition coefficient (Wildman–Crippen LogP) is 3.96. The molecule has 0 saturated carbocycles. The van der Waals surface area contributed by atoms with Crippen LogP contribution in [0.2, 0.25) is 0 Å². The number of anilines is 2. The predicted molar refractivity (Wildman–Crippen MR) is 84.8 cm³/mol. The zero-order valence-electron chi connectivity index (χ0n) is 13.4. The summed E-state index contributed by atoms with van der Waals surface area (Å²) in [5, 5.41) is 5.44. The first-order chi connectivity index (χ1) is 11.0. The van der Waals surface area contributed by atoms with Crippen LogP contribution in [0.4, 0.5) is 24.8 Å². The van der Waals surface area contributed by atoms with Crippen molar-refractivity contribution in [3.8, 4) is 0 Å². The standard InChI is InChI=1S/C16H17F3N4O/c1-15(2,3)23-14-20-8-10(9-21-14)13(24)22-12-6-4-5-11(7-12)16(17,18)19/h4-9H,1-3H3,(H,22,24)(H,20,21,23). The summed E-state index contributed by atoms with van der Waals surface area (Å²) in [5.41, 5.74) is -0.873. The molecular formula is C16H17F3N4O. The number of nitrogens with one attached hydrogen (secondary N) is 2. The van der Waals surface area contributed by atoms with Crippen LogP contribution in [-0.4, -0.2) is 21.4 Å². The van der Waals surface area contributed by atoms with Gasteiger partial charge in [0.05, 0.1) is 11.1 Å². The van der Waals surface area contributed by atoms with E-state index in [4.69, 9.17) is 0 Å². The molecule has 0 bridgehead atoms. The van der Waals surface area contributed by atoms with Gasteiger partial charge in [0.2, 0.25) is 5.95 Å². The van der Waals surface area contributed by atoms with Crippen molar-refractivity contribution in [2.24, 2.45) is 0 Å². The molecule has 2 N–H and O–H groups in total. The van der Waals surface area contributed by atoms with Crippen LogP contribution in [0, 0.1) is 0 Å². The Morgan fingerprint density at radius 2 is 1.71 bits per heavy atom. The second-order valence-corrected chi connectivity index (χ2v) is 6.20. The lowest BCUT2D eigenvalue weighted by atomic mass is 10.1. The van der Waals surface area contributed by atoms with E-state index in [0.717, 1.165) is 12.1 Å². The Morgan fingerprint density at radius 1 is 1.08 bits per heavy atom. The number of carbonyl (C=O) groups is 1. The maximum absolute atomic E-state index is 12.7. The molecule has 0 aliphatic rings. The molecule has 1 amide bonds. The van der Waals surface area contributed by atoms with Crippen molar-refractivity contribution in [1.29, 1.82) is 0 Å². The van der Waals surface area contributed by atoms with E-state index in [1.54, 1.807) is 0 Å². The van der Waals surface area contributed by atoms with Crippen molar-refractivity contribution in [3.63, 3.8) is 0 Å². The van der Waals surface area contributed by atoms with Crippen LogP contribution in [-0.2, 0) is 6.18 Å². The first-order valence-electron chi connectivity index (χ1n) is 7.13. The van der Waals surface area contributed by atoms with E-state index in [1.807, 2.05) is 20.8 Å². The average Bonchev–Trinajstić information content (AvgIpc) is 2.45. The molecule has 1 aromatic heterocycles. The zero-order chi connectivity index (χ0) is 18.0. The fraction of sp³-hybridized carbons (Fsp3) is 0.312. The van der Waals surface area contributed by atoms with Crippen LogP contribution in [0.5, 0.6) is 0 Å². The van der Waals surface area contributed by atoms with Gasteiger partial charge in [-0.15, -0.1) is 0 Å². The van der Waals surface area contributed by atoms with E-state index in [0.29, 0.717) is 5.95 Å². The van der Waals surface area contributed by atoms with Crippen LogP contribution in [0.15, 0.2) is 36.7 Å². The lowest BCUT2D eigenvalue weighted by Gasteiger charge is -2.20. The van der Waals surface area contributed by atoms with E-state index in [2.05, 4.69) is 20.6 Å². The van der Waals surface area contributed by atoms with E-state index in [1.165, 1.54) is 24.5 Å². The molecular weight excluding hydrogens is 321 g/mol. The molecule has 1 heterocycles. The van der Waals surface area contributed by atoms with E-state index >= 15 is 0 Å². The normalized spacial score (nSPS) is 11.9. The number of alkyl halides is 3. The molecule has 0 aliphatic heterocycles. The Bertz CT molecular complexity index is 721. The highest BCUT2D eigenvalue weighted by Crippen LogP contribution is 2.30. The summed E-state index contributed by atoms with van der Waals surface area (Å²) in [7, 11) is 0. The number of rotatable bonds is 3. The van der Waals surface area contributed by atoms with Gasteiger partial charge in [0.1, 0.15) is 0 Å². The maximum atomic E-state index is 12.7. The number of benzene rings is 1. The molecule has 128 valence electrons. The van der Waals surface area contributed by atoms with Gasteiger partial charge in [0, 0.05) is 23.6 Å². The fourth-order valence-corrected chi connectivity index (χ4v) is 1.82. The van der Waals surface area contributed by atoms with Crippen molar-refractivity contribution in [3.05, 3.63) is 47.8 Å². The van der Waals surface area contributed by atoms with Gasteiger partial charge in [-0.2, -0.15) is 13.2 Å². The molecule has 0 aliphatic carbocycles. The van der Waals surface area contributed by atoms with E-state index in [-0.39, 0.29) is 16.8 Å². The minimum absolute atomic E-state index is 0.0479. The average molecular weight is 338 g/mol. The number of nitrogens with zero attached hydrogens (tertiary/aromatic N) is 2. The lowest BCUT2D eigenvalue weighted by molar-refractivity contribution is -0.137. The summed E-state index contributed by atoms with van der Waals surface area (Å²) in [4.78, 5) is 20.1. The van der Waals surface area contributed by atoms with Gasteiger partial charge in [-0.05, 0) is 39.0 Å². The first-order valence-corrected chi connectivity index (χ1v) is 7.13. The molecule has 2 rings (SSSR count). The second-order valence-electron chi connectivity index (χ2n) is 6.20. The minimum Gasteiger partial charge on any atom is -0.350 e. The van der Waals surface area contributed by atoms with Crippen molar-refractivity contribution in [1.82, 2.24) is 9.97 Å². The summed E-state index contributed by atoms with van der Waals surface area (Å²) in [5.74, 6) is -0.227. The van der Waals surface area contributed by atoms with Crippen molar-refractivity contribution < 1.29 is 18.0 Å². The lowest BCUT2D eigenvalue weighted by Crippen LogP contribution is -2.27. The van der Waals surface area contributed by atoms with Crippen molar-refractivity contribution in [2.75, 3.05) is 10.6 Å². The van der Waals surface area contributed by atoms with E-state index < -0.39 is 17.6 Å². The molecule has 5 nitrogen and oxygen atoms in total. The molecule has 0 spiro atoms. The number of hydrogen-bond acceptors (Lipinski definition) is 4. The van der Waals surface area contributed by atoms with Crippen LogP contribution < -0.4 is 10.6 Å². The van der Waals surface area contributed by atoms with Gasteiger partial charge in [0.25, 0.3) is 5.91 Å². The molecule has 0 unspecified atom stereocenters. The Kier molecular flexibility index (Phi) is 4.77. The number of halogens is 3. The Hall–Kier alpha value is -2.64. The summed E-state index contributed by atoms with van der Waals surface area (Å²) >= 11 is 0. The molecule has 0 saturated heterocycles. The molecule has 8 heteroatoms. The highest BCUT2D eigenvalue weighted by molar-refractivity contribution is 6.03. The Morgan fingerprint density at radius 3 is 2.25 bits per heavy atom. The van der Waals surface area contributed by atoms with E-state index in [9.17, 15) is 18.0 Å². The topological polar surface area (TPSA) is 66.9 Å². The van der Waals surface area contributed by atoms with Crippen LogP contribution in [0.3, 0.4) is 0 Å². The van der Waals surface area contributed by atoms with Gasteiger partial charge < -0.3 is 10.6 Å². The van der Waals surface area contributed by atoms with Crippen LogP contribution in [0.25, 0.3) is 0 Å². The van der Waals surface area contributed by atoms with Gasteiger partial charge in [0.15, 0.2) is 0 Å². The third-order valence-corrected chi connectivity index (χ3v) is 2.85. The number of amides is 1. The molecule has 0 fully saturated rings. The summed E-state index contributed by atoms with van der Waals surface area (Å²) in [6.07, 6.45) is -1.85. The molecule has 0 atom stereocenters. The summed E-state index contributed by atoms with van der Waals surface area (Å²) in [6.45, 7) is 5.81. The van der Waals surface area contributed by atoms with Crippen molar-refractivity contribution >= 4 is 17.5 Å². The Labute approximate surface area is 137 Å². The third-order valence-electron chi connectivity index (χ3n) is 2.85. The quantitative estimate of drug-likeness (QED) is 0.889. The Balaban J connectivity index is 2.10. The van der Waals surface area contributed by atoms with Gasteiger partial charge in [-0.25, -0.2) is 9.97 Å². The van der Waals surface area contributed by atoms with Gasteiger partial charge in [-0.3, -0.25) is 4.79 Å². The van der Waals surface area contributed by atoms with Gasteiger partial charge >= 0.3 is 6.18 Å². The summed E-state index contributed by atoms with van der Waals surface area (Å²) < 4.78 is 38.0. The highest BCUT2D eigenvalue weighted by Gasteiger charge is 2.30. The zero-order valence-corrected chi connectivity index (χ0v) is 13.4. The summed E-state index contributed by atoms with van der Waals surface area (Å²) in [6, 6.07) is 4.41. The second kappa shape index (κ2) is 6.46. The molecule has 1 aromatic carbocycles. The largest absolute Gasteiger partial charge is 0.416 e. The minimum atomic E-state index is -4.47. The highest BCUT2D eigenvalue weighted by atomic mass is 19.4. The SMILES string of the molecule is CC(C)(C)Nc1ncc(C(=O)Nc2cccc(C(F)(F)F)c2)cn1. The van der Waals surface area contributed by atoms with Gasteiger partial charge in [-0.1, -0.05) is 6.07 Å². The third kappa shape index (κ3) is 4.94. The number of aromatic nitrogens is 2. The number of hydrogen-bond donors (Lipinski definition) is 2. The van der Waals surface area contributed by atoms with Crippen LogP contribution >= 0.6 is 0 Å². The molecule has 2 aromatic rings. The van der Waals surface area contributed by atoms with Crippen LogP contribution in [0.1, 0.15) is 36.7 Å². The first kappa shape index (κ1) is 17.7. The number of carbonyl (C=O) groups excluding carboxylic acids is 1. The van der Waals surface area contributed by atoms with Crippen molar-refractivity contribution in [2.45, 2.75) is 32.5 Å². The monoisotopic (exact) mass is 338 g/mol.